The monoisotopic (exact) mass is 1220 g/mol. The number of phosphoric ester groups is 1. The molecule has 0 aromatic heterocycles. The Balaban J connectivity index is 4.12. The Morgan fingerprint density at radius 1 is 0.345 bits per heavy atom. The van der Waals surface area contributed by atoms with Crippen molar-refractivity contribution in [2.45, 2.75) is 225 Å². The third kappa shape index (κ3) is 69.3. The lowest BCUT2D eigenvalue weighted by molar-refractivity contribution is -0.161. The van der Waals surface area contributed by atoms with Gasteiger partial charge in [0.25, 0.3) is 0 Å². The summed E-state index contributed by atoms with van der Waals surface area (Å²) in [5, 5.41) is 0. The molecule has 10 heteroatoms. The Kier molecular flexibility index (Phi) is 64.9. The lowest BCUT2D eigenvalue weighted by atomic mass is 10.1. The molecule has 0 saturated heterocycles. The summed E-state index contributed by atoms with van der Waals surface area (Å²) in [4.78, 5) is 35.3. The quantitative estimate of drug-likeness (QED) is 0.0264. The first-order chi connectivity index (χ1) is 42.8. The van der Waals surface area contributed by atoms with Crippen molar-refractivity contribution >= 4 is 19.8 Å². The topological polar surface area (TPSA) is 134 Å². The van der Waals surface area contributed by atoms with E-state index in [4.69, 9.17) is 24.3 Å². The van der Waals surface area contributed by atoms with Gasteiger partial charge in [-0.1, -0.05) is 271 Å². The molecule has 0 amide bonds. The van der Waals surface area contributed by atoms with Crippen LogP contribution in [-0.4, -0.2) is 49.3 Å². The highest BCUT2D eigenvalue weighted by molar-refractivity contribution is 7.47. The Bertz CT molecular complexity index is 2220. The van der Waals surface area contributed by atoms with Gasteiger partial charge in [0.2, 0.25) is 0 Å². The third-order valence-electron chi connectivity index (χ3n) is 12.9. The Hall–Kier alpha value is -5.67. The lowest BCUT2D eigenvalue weighted by Gasteiger charge is -2.19. The van der Waals surface area contributed by atoms with E-state index in [-0.39, 0.29) is 32.6 Å². The molecule has 0 aromatic carbocycles. The molecule has 87 heavy (non-hydrogen) atoms. The average Bonchev–Trinajstić information content (AvgIpc) is 3.64. The van der Waals surface area contributed by atoms with Crippen LogP contribution >= 0.6 is 7.82 Å². The minimum Gasteiger partial charge on any atom is -0.462 e. The highest BCUT2D eigenvalue weighted by atomic mass is 31.2. The summed E-state index contributed by atoms with van der Waals surface area (Å²) < 4.78 is 33.1. The zero-order valence-electron chi connectivity index (χ0n) is 54.1. The Morgan fingerprint density at radius 2 is 0.598 bits per heavy atom. The molecule has 0 aliphatic rings. The molecule has 0 aliphatic heterocycles. The number of allylic oxidation sites excluding steroid dienone is 36. The molecule has 0 heterocycles. The number of carbonyl (C=O) groups is 2. The summed E-state index contributed by atoms with van der Waals surface area (Å²) in [6, 6.07) is 0. The summed E-state index contributed by atoms with van der Waals surface area (Å²) in [7, 11) is -4.42. The standard InChI is InChI=1S/C77H118NO8P/c1-3-5-7-9-11-13-15-17-19-21-23-25-27-29-31-32-33-34-35-36-37-38-39-40-41-42-44-46-48-50-52-54-56-58-60-62-64-66-68-70-77(80)86-75(74-85-87(81,82)84-72-71-78)73-83-76(79)69-67-65-63-61-59-57-55-53-51-49-47-45-43-30-28-26-24-22-20-18-16-14-12-10-8-6-4-2/h5-8,11-14,17-20,23-26,29-31,33-34,36-37,39-40,42-44,47-50,54,56,60,62,75H,3-4,9-10,15-16,21-22,27-28,32,35,38,41,45-46,51-53,55,57-59,61,63-74,78H2,1-2H3,(H,81,82)/b7-5-,8-6-,13-11-,14-12-,19-17-,20-18-,25-23-,26-24-,31-29-,34-33-,37-36-,40-39-,43-30-,44-42-,49-47-,50-48-,56-54-,62-60-. The highest BCUT2D eigenvalue weighted by Gasteiger charge is 2.26. The number of ether oxygens (including phenoxy) is 2. The van der Waals surface area contributed by atoms with E-state index in [0.29, 0.717) is 12.8 Å². The van der Waals surface area contributed by atoms with Crippen molar-refractivity contribution in [1.82, 2.24) is 0 Å². The molecule has 9 nitrogen and oxygen atoms in total. The minimum atomic E-state index is -4.42. The molecular formula is C77H118NO8P. The molecule has 2 unspecified atom stereocenters. The van der Waals surface area contributed by atoms with Crippen LogP contribution in [0.3, 0.4) is 0 Å². The number of phosphoric acid groups is 1. The van der Waals surface area contributed by atoms with Crippen LogP contribution in [0.25, 0.3) is 0 Å². The van der Waals surface area contributed by atoms with Gasteiger partial charge in [-0.2, -0.15) is 0 Å². The van der Waals surface area contributed by atoms with Crippen molar-refractivity contribution in [2.24, 2.45) is 5.73 Å². The molecule has 0 bridgehead atoms. The van der Waals surface area contributed by atoms with E-state index in [1.54, 1.807) is 0 Å². The smallest absolute Gasteiger partial charge is 0.462 e. The van der Waals surface area contributed by atoms with Gasteiger partial charge in [-0.15, -0.1) is 0 Å². The largest absolute Gasteiger partial charge is 0.472 e. The summed E-state index contributed by atoms with van der Waals surface area (Å²) in [6.07, 6.45) is 109. The van der Waals surface area contributed by atoms with Crippen LogP contribution in [0, 0.1) is 0 Å². The second kappa shape index (κ2) is 69.4. The SMILES string of the molecule is CC/C=C\C/C=C\C/C=C\C/C=C\C/C=C\C/C=C\C/C=C\C/C=C\C/C=C\C/C=C\C/C=C\C/C=C\CCCCC(=O)OC(COC(=O)CCCCCCCCCC/C=C\C/C=C\C/C=C\C/C=C\C/C=C\C/C=C\CC)COP(=O)(O)OCCN. The normalized spacial score (nSPS) is 14.4. The maximum atomic E-state index is 12.7. The first-order valence-electron chi connectivity index (χ1n) is 33.2. The molecule has 0 radical (unpaired) electrons. The summed E-state index contributed by atoms with van der Waals surface area (Å²) in [6.45, 7) is 3.42. The molecule has 0 aromatic rings. The second-order valence-electron chi connectivity index (χ2n) is 20.9. The van der Waals surface area contributed by atoms with Crippen LogP contribution < -0.4 is 5.73 Å². The van der Waals surface area contributed by atoms with Crippen molar-refractivity contribution in [2.75, 3.05) is 26.4 Å². The number of unbranched alkanes of at least 4 members (excludes halogenated alkanes) is 10. The van der Waals surface area contributed by atoms with E-state index in [1.807, 2.05) is 0 Å². The van der Waals surface area contributed by atoms with Crippen LogP contribution in [0.5, 0.6) is 0 Å². The summed E-state index contributed by atoms with van der Waals surface area (Å²) >= 11 is 0. The van der Waals surface area contributed by atoms with E-state index in [2.05, 4.69) is 233 Å². The minimum absolute atomic E-state index is 0.0323. The molecule has 3 N–H and O–H groups in total. The fourth-order valence-electron chi connectivity index (χ4n) is 8.03. The Morgan fingerprint density at radius 3 is 0.908 bits per heavy atom. The van der Waals surface area contributed by atoms with Gasteiger partial charge < -0.3 is 20.1 Å². The third-order valence-corrected chi connectivity index (χ3v) is 13.8. The summed E-state index contributed by atoms with van der Waals surface area (Å²) in [5.74, 6) is -0.908. The number of hydrogen-bond donors (Lipinski definition) is 2. The van der Waals surface area contributed by atoms with Gasteiger partial charge in [0.05, 0.1) is 13.2 Å². The number of hydrogen-bond acceptors (Lipinski definition) is 8. The molecule has 0 fully saturated rings. The van der Waals surface area contributed by atoms with Crippen LogP contribution in [-0.2, 0) is 32.7 Å². The molecule has 0 rings (SSSR count). The molecule has 0 saturated carbocycles. The van der Waals surface area contributed by atoms with Gasteiger partial charge in [0.1, 0.15) is 6.61 Å². The molecular weight excluding hydrogens is 1100 g/mol. The number of rotatable bonds is 59. The van der Waals surface area contributed by atoms with Gasteiger partial charge in [-0.05, 0) is 154 Å². The van der Waals surface area contributed by atoms with Crippen molar-refractivity contribution in [3.05, 3.63) is 219 Å². The zero-order valence-corrected chi connectivity index (χ0v) is 55.0. The predicted molar refractivity (Wildman–Crippen MR) is 375 cm³/mol. The maximum Gasteiger partial charge on any atom is 0.472 e. The number of nitrogens with two attached hydrogens (primary N) is 1. The first kappa shape index (κ1) is 81.3. The Labute approximate surface area is 531 Å². The predicted octanol–water partition coefficient (Wildman–Crippen LogP) is 22.1. The lowest BCUT2D eigenvalue weighted by Crippen LogP contribution is -2.29. The number of carbonyl (C=O) groups excluding carboxylic acids is 2. The molecule has 0 aliphatic carbocycles. The number of esters is 2. The van der Waals surface area contributed by atoms with Crippen molar-refractivity contribution in [1.29, 1.82) is 0 Å². The maximum absolute atomic E-state index is 12.7. The van der Waals surface area contributed by atoms with Crippen LogP contribution in [0.4, 0.5) is 0 Å². The summed E-state index contributed by atoms with van der Waals surface area (Å²) in [5.41, 5.74) is 5.39. The van der Waals surface area contributed by atoms with E-state index >= 15 is 0 Å². The van der Waals surface area contributed by atoms with Crippen molar-refractivity contribution in [3.8, 4) is 0 Å². The molecule has 0 spiro atoms. The van der Waals surface area contributed by atoms with E-state index in [9.17, 15) is 19.0 Å². The fraction of sp³-hybridized carbons (Fsp3) is 0.506. The molecule has 484 valence electrons. The van der Waals surface area contributed by atoms with Gasteiger partial charge in [-0.25, -0.2) is 4.57 Å². The van der Waals surface area contributed by atoms with Gasteiger partial charge >= 0.3 is 19.8 Å². The van der Waals surface area contributed by atoms with Gasteiger partial charge in [-0.3, -0.25) is 18.6 Å². The highest BCUT2D eigenvalue weighted by Crippen LogP contribution is 2.43. The fourth-order valence-corrected chi connectivity index (χ4v) is 8.80. The zero-order chi connectivity index (χ0) is 63.0. The van der Waals surface area contributed by atoms with Crippen LogP contribution in [0.1, 0.15) is 219 Å². The van der Waals surface area contributed by atoms with E-state index in [0.717, 1.165) is 154 Å². The van der Waals surface area contributed by atoms with Crippen molar-refractivity contribution < 1.29 is 37.6 Å². The van der Waals surface area contributed by atoms with E-state index in [1.165, 1.54) is 25.7 Å². The van der Waals surface area contributed by atoms with Gasteiger partial charge in [0.15, 0.2) is 6.10 Å². The van der Waals surface area contributed by atoms with Crippen LogP contribution in [0.2, 0.25) is 0 Å². The average molecular weight is 1220 g/mol. The van der Waals surface area contributed by atoms with Gasteiger partial charge in [0, 0.05) is 19.4 Å². The van der Waals surface area contributed by atoms with E-state index < -0.39 is 32.5 Å². The van der Waals surface area contributed by atoms with Crippen LogP contribution in [0.15, 0.2) is 219 Å². The molecule has 2 atom stereocenters. The first-order valence-corrected chi connectivity index (χ1v) is 34.7. The second-order valence-corrected chi connectivity index (χ2v) is 22.3. The van der Waals surface area contributed by atoms with Crippen molar-refractivity contribution in [3.63, 3.8) is 0 Å².